The molecule has 2 rings (SSSR count). The SMILES string of the molecule is CCn1cncc1C(CN)N1CCC(C(C)(C)C)CC1. The molecule has 1 atom stereocenters. The molecule has 1 unspecified atom stereocenters. The monoisotopic (exact) mass is 278 g/mol. The lowest BCUT2D eigenvalue weighted by molar-refractivity contribution is 0.0822. The summed E-state index contributed by atoms with van der Waals surface area (Å²) in [4.78, 5) is 6.84. The van der Waals surface area contributed by atoms with Gasteiger partial charge in [-0.3, -0.25) is 4.90 Å². The summed E-state index contributed by atoms with van der Waals surface area (Å²) in [5, 5.41) is 0. The first kappa shape index (κ1) is 15.5. The molecule has 20 heavy (non-hydrogen) atoms. The Kier molecular flexibility index (Phi) is 4.86. The first-order valence-electron chi connectivity index (χ1n) is 7.91. The molecule has 0 spiro atoms. The number of aryl methyl sites for hydroxylation is 1. The fourth-order valence-corrected chi connectivity index (χ4v) is 3.41. The molecule has 1 aromatic rings. The van der Waals surface area contributed by atoms with E-state index < -0.39 is 0 Å². The van der Waals surface area contributed by atoms with Crippen LogP contribution >= 0.6 is 0 Å². The Balaban J connectivity index is 2.04. The summed E-state index contributed by atoms with van der Waals surface area (Å²) < 4.78 is 2.22. The maximum atomic E-state index is 6.06. The molecule has 1 aromatic heterocycles. The molecule has 1 aliphatic rings. The summed E-state index contributed by atoms with van der Waals surface area (Å²) in [5.74, 6) is 0.827. The van der Waals surface area contributed by atoms with Crippen molar-refractivity contribution < 1.29 is 0 Å². The fraction of sp³-hybridized carbons (Fsp3) is 0.812. The molecule has 2 heterocycles. The van der Waals surface area contributed by atoms with Crippen LogP contribution in [0, 0.1) is 11.3 Å². The van der Waals surface area contributed by atoms with Gasteiger partial charge in [0.2, 0.25) is 0 Å². The highest BCUT2D eigenvalue weighted by Gasteiger charge is 2.32. The lowest BCUT2D eigenvalue weighted by Gasteiger charge is -2.41. The summed E-state index contributed by atoms with van der Waals surface area (Å²) in [6.45, 7) is 13.2. The van der Waals surface area contributed by atoms with Gasteiger partial charge in [0.1, 0.15) is 0 Å². The van der Waals surface area contributed by atoms with Crippen LogP contribution in [0.5, 0.6) is 0 Å². The zero-order chi connectivity index (χ0) is 14.8. The van der Waals surface area contributed by atoms with Crippen LogP contribution in [-0.4, -0.2) is 34.1 Å². The van der Waals surface area contributed by atoms with Gasteiger partial charge in [-0.25, -0.2) is 4.98 Å². The van der Waals surface area contributed by atoms with Crippen LogP contribution in [0.4, 0.5) is 0 Å². The number of aromatic nitrogens is 2. The predicted octanol–water partition coefficient (Wildman–Crippen LogP) is 2.66. The molecule has 1 aliphatic heterocycles. The van der Waals surface area contributed by atoms with Crippen LogP contribution in [0.25, 0.3) is 0 Å². The quantitative estimate of drug-likeness (QED) is 0.921. The summed E-state index contributed by atoms with van der Waals surface area (Å²) in [6, 6.07) is 0.318. The average molecular weight is 278 g/mol. The Bertz CT molecular complexity index is 410. The number of imidazole rings is 1. The van der Waals surface area contributed by atoms with Gasteiger partial charge in [-0.05, 0) is 44.2 Å². The smallest absolute Gasteiger partial charge is 0.0948 e. The number of likely N-dealkylation sites (tertiary alicyclic amines) is 1. The second-order valence-corrected chi connectivity index (χ2v) is 7.03. The van der Waals surface area contributed by atoms with Crippen LogP contribution < -0.4 is 5.73 Å². The minimum atomic E-state index is 0.318. The molecule has 0 radical (unpaired) electrons. The van der Waals surface area contributed by atoms with E-state index in [1.165, 1.54) is 18.5 Å². The second-order valence-electron chi connectivity index (χ2n) is 7.03. The van der Waals surface area contributed by atoms with E-state index in [1.54, 1.807) is 0 Å². The van der Waals surface area contributed by atoms with E-state index in [-0.39, 0.29) is 0 Å². The van der Waals surface area contributed by atoms with Gasteiger partial charge in [0, 0.05) is 19.3 Å². The maximum absolute atomic E-state index is 6.06. The van der Waals surface area contributed by atoms with E-state index in [2.05, 4.69) is 42.1 Å². The summed E-state index contributed by atoms with van der Waals surface area (Å²) >= 11 is 0. The molecular weight excluding hydrogens is 248 g/mol. The largest absolute Gasteiger partial charge is 0.333 e. The van der Waals surface area contributed by atoms with Crippen molar-refractivity contribution in [1.29, 1.82) is 0 Å². The van der Waals surface area contributed by atoms with Crippen LogP contribution in [0.2, 0.25) is 0 Å². The molecule has 0 saturated carbocycles. The molecular formula is C16H30N4. The van der Waals surface area contributed by atoms with Crippen molar-refractivity contribution in [3.8, 4) is 0 Å². The Morgan fingerprint density at radius 3 is 2.50 bits per heavy atom. The van der Waals surface area contributed by atoms with Crippen LogP contribution in [0.15, 0.2) is 12.5 Å². The first-order chi connectivity index (χ1) is 9.47. The van der Waals surface area contributed by atoms with Crippen molar-refractivity contribution in [1.82, 2.24) is 14.5 Å². The highest BCUT2D eigenvalue weighted by Crippen LogP contribution is 2.36. The van der Waals surface area contributed by atoms with Crippen molar-refractivity contribution >= 4 is 0 Å². The summed E-state index contributed by atoms with van der Waals surface area (Å²) in [5.41, 5.74) is 7.75. The lowest BCUT2D eigenvalue weighted by Crippen LogP contribution is -2.42. The number of hydrogen-bond acceptors (Lipinski definition) is 3. The van der Waals surface area contributed by atoms with E-state index in [9.17, 15) is 0 Å². The zero-order valence-corrected chi connectivity index (χ0v) is 13.5. The van der Waals surface area contributed by atoms with E-state index in [0.717, 1.165) is 25.6 Å². The van der Waals surface area contributed by atoms with Crippen molar-refractivity contribution in [2.45, 2.75) is 53.1 Å². The molecule has 114 valence electrons. The predicted molar refractivity (Wildman–Crippen MR) is 83.4 cm³/mol. The Labute approximate surface area is 123 Å². The molecule has 1 fully saturated rings. The van der Waals surface area contributed by atoms with Gasteiger partial charge in [-0.15, -0.1) is 0 Å². The minimum absolute atomic E-state index is 0.318. The van der Waals surface area contributed by atoms with E-state index in [0.29, 0.717) is 18.0 Å². The standard InChI is InChI=1S/C16H30N4/c1-5-19-12-18-11-15(19)14(10-17)20-8-6-13(7-9-20)16(2,3)4/h11-14H,5-10,17H2,1-4H3. The summed E-state index contributed by atoms with van der Waals surface area (Å²) in [6.07, 6.45) is 6.46. The highest BCUT2D eigenvalue weighted by molar-refractivity contribution is 5.07. The third-order valence-electron chi connectivity index (χ3n) is 4.84. The second kappa shape index (κ2) is 6.27. The minimum Gasteiger partial charge on any atom is -0.333 e. The lowest BCUT2D eigenvalue weighted by atomic mass is 9.75. The van der Waals surface area contributed by atoms with Crippen LogP contribution in [-0.2, 0) is 6.54 Å². The number of nitrogens with zero attached hydrogens (tertiary/aromatic N) is 3. The van der Waals surface area contributed by atoms with Gasteiger partial charge in [-0.2, -0.15) is 0 Å². The molecule has 0 amide bonds. The molecule has 0 bridgehead atoms. The molecule has 4 heteroatoms. The van der Waals surface area contributed by atoms with Gasteiger partial charge < -0.3 is 10.3 Å². The van der Waals surface area contributed by atoms with E-state index in [1.807, 2.05) is 12.5 Å². The van der Waals surface area contributed by atoms with Crippen LogP contribution in [0.1, 0.15) is 52.3 Å². The van der Waals surface area contributed by atoms with Crippen molar-refractivity contribution in [2.75, 3.05) is 19.6 Å². The van der Waals surface area contributed by atoms with Gasteiger partial charge in [0.25, 0.3) is 0 Å². The van der Waals surface area contributed by atoms with Gasteiger partial charge in [0.15, 0.2) is 0 Å². The van der Waals surface area contributed by atoms with Crippen molar-refractivity contribution in [2.24, 2.45) is 17.1 Å². The Morgan fingerprint density at radius 2 is 2.00 bits per heavy atom. The average Bonchev–Trinajstić information content (AvgIpc) is 2.87. The number of rotatable bonds is 4. The zero-order valence-electron chi connectivity index (χ0n) is 13.5. The fourth-order valence-electron chi connectivity index (χ4n) is 3.41. The van der Waals surface area contributed by atoms with E-state index in [4.69, 9.17) is 5.73 Å². The normalized spacial score (nSPS) is 20.2. The Hall–Kier alpha value is -0.870. The first-order valence-corrected chi connectivity index (χ1v) is 7.91. The van der Waals surface area contributed by atoms with Gasteiger partial charge in [0.05, 0.1) is 18.1 Å². The molecule has 4 nitrogen and oxygen atoms in total. The van der Waals surface area contributed by atoms with Crippen LogP contribution in [0.3, 0.4) is 0 Å². The van der Waals surface area contributed by atoms with E-state index >= 15 is 0 Å². The summed E-state index contributed by atoms with van der Waals surface area (Å²) in [7, 11) is 0. The van der Waals surface area contributed by atoms with Gasteiger partial charge in [-0.1, -0.05) is 20.8 Å². The number of piperidine rings is 1. The third-order valence-corrected chi connectivity index (χ3v) is 4.84. The van der Waals surface area contributed by atoms with Crippen molar-refractivity contribution in [3.05, 3.63) is 18.2 Å². The number of nitrogens with two attached hydrogens (primary N) is 1. The Morgan fingerprint density at radius 1 is 1.35 bits per heavy atom. The van der Waals surface area contributed by atoms with Gasteiger partial charge >= 0.3 is 0 Å². The number of hydrogen-bond donors (Lipinski definition) is 1. The third kappa shape index (κ3) is 3.23. The molecule has 0 aromatic carbocycles. The maximum Gasteiger partial charge on any atom is 0.0948 e. The van der Waals surface area contributed by atoms with Crippen molar-refractivity contribution in [3.63, 3.8) is 0 Å². The topological polar surface area (TPSA) is 47.1 Å². The molecule has 2 N–H and O–H groups in total. The molecule has 1 saturated heterocycles. The molecule has 0 aliphatic carbocycles. The highest BCUT2D eigenvalue weighted by atomic mass is 15.2.